The number of anilines is 1. The maximum atomic E-state index is 11.2. The first-order valence-corrected chi connectivity index (χ1v) is 6.71. The molecule has 17 heavy (non-hydrogen) atoms. The minimum absolute atomic E-state index is 0.00592. The van der Waals surface area contributed by atoms with Crippen LogP contribution in [-0.4, -0.2) is 32.2 Å². The van der Waals surface area contributed by atoms with E-state index in [2.05, 4.69) is 10.3 Å². The fourth-order valence-electron chi connectivity index (χ4n) is 1.20. The summed E-state index contributed by atoms with van der Waals surface area (Å²) in [5, 5.41) is 13.6. The molecule has 0 aromatic carbocycles. The third kappa shape index (κ3) is 3.77. The number of aryl methyl sites for hydroxylation is 1. The number of aromatic nitrogens is 1. The molecule has 94 valence electrons. The van der Waals surface area contributed by atoms with Crippen molar-refractivity contribution in [1.29, 1.82) is 0 Å². The monoisotopic (exact) mass is 257 g/mol. The highest BCUT2D eigenvalue weighted by molar-refractivity contribution is 7.84. The smallest absolute Gasteiger partial charge is 0.287 e. The van der Waals surface area contributed by atoms with Crippen molar-refractivity contribution < 1.29 is 9.13 Å². The molecule has 1 heterocycles. The standard InChI is InChI=1S/C10H15N3O3S/c1-7-4-9(13(14)15)6-12-10(7)11-5-8(2)17(3)16/h4,6,8H,5H2,1-3H3,(H,11,12). The summed E-state index contributed by atoms with van der Waals surface area (Å²) in [6.45, 7) is 4.13. The van der Waals surface area contributed by atoms with Gasteiger partial charge in [0.05, 0.1) is 4.92 Å². The Morgan fingerprint density at radius 3 is 2.76 bits per heavy atom. The first-order valence-electron chi connectivity index (χ1n) is 5.09. The van der Waals surface area contributed by atoms with Gasteiger partial charge in [-0.15, -0.1) is 0 Å². The lowest BCUT2D eigenvalue weighted by atomic mass is 10.2. The lowest BCUT2D eigenvalue weighted by molar-refractivity contribution is -0.385. The van der Waals surface area contributed by atoms with E-state index < -0.39 is 15.7 Å². The van der Waals surface area contributed by atoms with Crippen LogP contribution in [-0.2, 0) is 10.8 Å². The number of pyridine rings is 1. The van der Waals surface area contributed by atoms with Gasteiger partial charge >= 0.3 is 0 Å². The maximum absolute atomic E-state index is 11.2. The molecule has 2 atom stereocenters. The molecule has 0 fully saturated rings. The zero-order chi connectivity index (χ0) is 13.0. The Bertz CT molecular complexity index is 450. The molecule has 1 rings (SSSR count). The third-order valence-electron chi connectivity index (χ3n) is 2.40. The summed E-state index contributed by atoms with van der Waals surface area (Å²) in [6, 6.07) is 1.46. The van der Waals surface area contributed by atoms with E-state index in [1.807, 2.05) is 6.92 Å². The molecule has 0 radical (unpaired) electrons. The quantitative estimate of drug-likeness (QED) is 0.638. The van der Waals surface area contributed by atoms with Gasteiger partial charge in [-0.25, -0.2) is 4.98 Å². The van der Waals surface area contributed by atoms with Crippen LogP contribution in [0.1, 0.15) is 12.5 Å². The number of hydrogen-bond donors (Lipinski definition) is 1. The van der Waals surface area contributed by atoms with Gasteiger partial charge < -0.3 is 5.32 Å². The number of rotatable bonds is 5. The second-order valence-electron chi connectivity index (χ2n) is 3.81. The van der Waals surface area contributed by atoms with Gasteiger partial charge in [-0.05, 0) is 19.4 Å². The largest absolute Gasteiger partial charge is 0.369 e. The Balaban J connectivity index is 2.73. The van der Waals surface area contributed by atoms with Crippen LogP contribution in [0.15, 0.2) is 12.3 Å². The number of nitrogens with zero attached hydrogens (tertiary/aromatic N) is 2. The molecular formula is C10H15N3O3S. The lowest BCUT2D eigenvalue weighted by Gasteiger charge is -2.11. The molecule has 1 aromatic rings. The highest BCUT2D eigenvalue weighted by Gasteiger charge is 2.11. The van der Waals surface area contributed by atoms with Gasteiger partial charge in [0.25, 0.3) is 5.69 Å². The van der Waals surface area contributed by atoms with E-state index in [9.17, 15) is 14.3 Å². The van der Waals surface area contributed by atoms with Crippen molar-refractivity contribution >= 4 is 22.3 Å². The van der Waals surface area contributed by atoms with Crippen molar-refractivity contribution in [1.82, 2.24) is 4.98 Å². The normalized spacial score (nSPS) is 14.1. The van der Waals surface area contributed by atoms with Gasteiger partial charge in [0.2, 0.25) is 0 Å². The van der Waals surface area contributed by atoms with Crippen LogP contribution in [0.3, 0.4) is 0 Å². The molecule has 0 saturated carbocycles. The average molecular weight is 257 g/mol. The number of nitro groups is 1. The van der Waals surface area contributed by atoms with E-state index >= 15 is 0 Å². The van der Waals surface area contributed by atoms with Crippen LogP contribution in [0.5, 0.6) is 0 Å². The molecule has 0 spiro atoms. The minimum atomic E-state index is -0.901. The van der Waals surface area contributed by atoms with Crippen molar-refractivity contribution in [3.8, 4) is 0 Å². The van der Waals surface area contributed by atoms with Crippen molar-refractivity contribution in [3.05, 3.63) is 27.9 Å². The predicted octanol–water partition coefficient (Wildman–Crippen LogP) is 1.48. The molecule has 0 saturated heterocycles. The van der Waals surface area contributed by atoms with Gasteiger partial charge in [0.15, 0.2) is 0 Å². The maximum Gasteiger partial charge on any atom is 0.287 e. The lowest BCUT2D eigenvalue weighted by Crippen LogP contribution is -2.21. The van der Waals surface area contributed by atoms with Crippen molar-refractivity contribution in [2.75, 3.05) is 18.1 Å². The Morgan fingerprint density at radius 1 is 1.65 bits per heavy atom. The summed E-state index contributed by atoms with van der Waals surface area (Å²) in [7, 11) is -0.901. The van der Waals surface area contributed by atoms with Crippen molar-refractivity contribution in [3.63, 3.8) is 0 Å². The van der Waals surface area contributed by atoms with E-state index in [1.165, 1.54) is 12.3 Å². The zero-order valence-electron chi connectivity index (χ0n) is 9.97. The van der Waals surface area contributed by atoms with Gasteiger partial charge in [0, 0.05) is 34.9 Å². The summed E-state index contributed by atoms with van der Waals surface area (Å²) in [5.74, 6) is 0.591. The molecule has 0 aliphatic heterocycles. The van der Waals surface area contributed by atoms with E-state index in [4.69, 9.17) is 0 Å². The second kappa shape index (κ2) is 5.72. The van der Waals surface area contributed by atoms with Crippen LogP contribution in [0.2, 0.25) is 0 Å². The van der Waals surface area contributed by atoms with Crippen LogP contribution in [0.25, 0.3) is 0 Å². The molecule has 1 N–H and O–H groups in total. The molecule has 7 heteroatoms. The summed E-state index contributed by atoms with van der Waals surface area (Å²) >= 11 is 0. The molecule has 2 unspecified atom stereocenters. The van der Waals surface area contributed by atoms with Crippen molar-refractivity contribution in [2.24, 2.45) is 0 Å². The fraction of sp³-hybridized carbons (Fsp3) is 0.500. The number of nitrogens with one attached hydrogen (secondary N) is 1. The summed E-state index contributed by atoms with van der Waals surface area (Å²) in [4.78, 5) is 14.0. The van der Waals surface area contributed by atoms with Crippen LogP contribution < -0.4 is 5.32 Å². The van der Waals surface area contributed by atoms with E-state index in [0.29, 0.717) is 17.9 Å². The SMILES string of the molecule is Cc1cc([N+](=O)[O-])cnc1NCC(C)S(C)=O. The van der Waals surface area contributed by atoms with E-state index in [0.717, 1.165) is 0 Å². The topological polar surface area (TPSA) is 85.1 Å². The van der Waals surface area contributed by atoms with E-state index in [1.54, 1.807) is 13.2 Å². The Morgan fingerprint density at radius 2 is 2.29 bits per heavy atom. The molecule has 0 aliphatic carbocycles. The van der Waals surface area contributed by atoms with Gasteiger partial charge in [-0.3, -0.25) is 14.3 Å². The predicted molar refractivity (Wildman–Crippen MR) is 67.6 cm³/mol. The second-order valence-corrected chi connectivity index (χ2v) is 5.61. The first kappa shape index (κ1) is 13.6. The molecule has 0 amide bonds. The van der Waals surface area contributed by atoms with Crippen LogP contribution in [0.4, 0.5) is 11.5 Å². The van der Waals surface area contributed by atoms with Gasteiger partial charge in [-0.2, -0.15) is 0 Å². The molecule has 6 nitrogen and oxygen atoms in total. The van der Waals surface area contributed by atoms with Crippen LogP contribution in [0, 0.1) is 17.0 Å². The zero-order valence-corrected chi connectivity index (χ0v) is 10.8. The summed E-state index contributed by atoms with van der Waals surface area (Å²) < 4.78 is 11.2. The van der Waals surface area contributed by atoms with Gasteiger partial charge in [-0.1, -0.05) is 0 Å². The number of hydrogen-bond acceptors (Lipinski definition) is 5. The minimum Gasteiger partial charge on any atom is -0.369 e. The molecule has 0 bridgehead atoms. The van der Waals surface area contributed by atoms with E-state index in [-0.39, 0.29) is 10.9 Å². The molecular weight excluding hydrogens is 242 g/mol. The van der Waals surface area contributed by atoms with Crippen molar-refractivity contribution in [2.45, 2.75) is 19.1 Å². The van der Waals surface area contributed by atoms with Gasteiger partial charge in [0.1, 0.15) is 12.0 Å². The Kier molecular flexibility index (Phi) is 4.56. The fourth-order valence-corrected chi connectivity index (χ4v) is 1.52. The summed E-state index contributed by atoms with van der Waals surface area (Å²) in [6.07, 6.45) is 2.85. The third-order valence-corrected chi connectivity index (χ3v) is 3.70. The molecule has 0 aliphatic rings. The highest BCUT2D eigenvalue weighted by atomic mass is 32.2. The van der Waals surface area contributed by atoms with Crippen LogP contribution >= 0.6 is 0 Å². The summed E-state index contributed by atoms with van der Waals surface area (Å²) in [5.41, 5.74) is 0.674. The molecule has 1 aromatic heterocycles. The average Bonchev–Trinajstić information content (AvgIpc) is 2.26. The first-order chi connectivity index (χ1) is 7.91. The Labute approximate surface area is 102 Å². The Hall–Kier alpha value is -1.50. The highest BCUT2D eigenvalue weighted by Crippen LogP contribution is 2.17.